The highest BCUT2D eigenvalue weighted by atomic mass is 16.2. The molecule has 3 rings (SSSR count). The Kier molecular flexibility index (Phi) is 5.16. The van der Waals surface area contributed by atoms with Gasteiger partial charge in [0.1, 0.15) is 12.7 Å². The summed E-state index contributed by atoms with van der Waals surface area (Å²) in [5, 5.41) is 4.13. The van der Waals surface area contributed by atoms with Gasteiger partial charge in [0.15, 0.2) is 0 Å². The van der Waals surface area contributed by atoms with Gasteiger partial charge in [-0.25, -0.2) is 9.67 Å². The standard InChI is InChI=1S/C21H24N4O/c1-15-5-6-18(11-16(15)2)12-21(26)24(4)17(3)19-7-9-20(10-8-19)25-14-22-13-23-25/h5-11,13-14,17H,12H2,1-4H3/t17-/m1/s1. The quantitative estimate of drug-likeness (QED) is 0.707. The predicted octanol–water partition coefficient (Wildman–Crippen LogP) is 3.65. The van der Waals surface area contributed by atoms with Crippen LogP contribution in [0.15, 0.2) is 55.1 Å². The third-order valence-corrected chi connectivity index (χ3v) is 4.96. The fraction of sp³-hybridized carbons (Fsp3) is 0.286. The second-order valence-electron chi connectivity index (χ2n) is 6.71. The third-order valence-electron chi connectivity index (χ3n) is 4.96. The van der Waals surface area contributed by atoms with Gasteiger partial charge in [-0.3, -0.25) is 4.79 Å². The Bertz CT molecular complexity index is 885. The highest BCUT2D eigenvalue weighted by Gasteiger charge is 2.18. The van der Waals surface area contributed by atoms with Gasteiger partial charge in [0.25, 0.3) is 0 Å². The molecule has 134 valence electrons. The van der Waals surface area contributed by atoms with E-state index < -0.39 is 0 Å². The highest BCUT2D eigenvalue weighted by Crippen LogP contribution is 2.21. The monoisotopic (exact) mass is 348 g/mol. The van der Waals surface area contributed by atoms with E-state index in [1.54, 1.807) is 15.9 Å². The third kappa shape index (κ3) is 3.82. The first kappa shape index (κ1) is 17.9. The lowest BCUT2D eigenvalue weighted by Crippen LogP contribution is -2.31. The number of aromatic nitrogens is 3. The molecule has 0 radical (unpaired) electrons. The summed E-state index contributed by atoms with van der Waals surface area (Å²) in [6.07, 6.45) is 3.59. The number of likely N-dealkylation sites (N-methyl/N-ethyl adjacent to an activating group) is 1. The molecular formula is C21H24N4O. The van der Waals surface area contributed by atoms with Crippen molar-refractivity contribution >= 4 is 5.91 Å². The summed E-state index contributed by atoms with van der Waals surface area (Å²) in [4.78, 5) is 18.4. The number of carbonyl (C=O) groups is 1. The summed E-state index contributed by atoms with van der Waals surface area (Å²) < 4.78 is 1.71. The Labute approximate surface area is 154 Å². The van der Waals surface area contributed by atoms with E-state index in [1.165, 1.54) is 17.5 Å². The molecule has 5 nitrogen and oxygen atoms in total. The number of benzene rings is 2. The van der Waals surface area contributed by atoms with E-state index in [2.05, 4.69) is 36.1 Å². The molecule has 0 saturated carbocycles. The summed E-state index contributed by atoms with van der Waals surface area (Å²) in [6, 6.07) is 14.2. The normalized spacial score (nSPS) is 12.0. The minimum absolute atomic E-state index is 0.00107. The average Bonchev–Trinajstić information content (AvgIpc) is 3.18. The first-order valence-electron chi connectivity index (χ1n) is 8.72. The molecule has 1 amide bonds. The molecule has 0 aliphatic rings. The number of hydrogen-bond acceptors (Lipinski definition) is 3. The molecule has 1 aromatic heterocycles. The van der Waals surface area contributed by atoms with Crippen LogP contribution in [0.4, 0.5) is 0 Å². The van der Waals surface area contributed by atoms with Gasteiger partial charge in [0, 0.05) is 7.05 Å². The minimum atomic E-state index is -0.00107. The first-order chi connectivity index (χ1) is 12.5. The SMILES string of the molecule is Cc1ccc(CC(=O)N(C)[C@H](C)c2ccc(-n3cncn3)cc2)cc1C. The second-order valence-corrected chi connectivity index (χ2v) is 6.71. The number of nitrogens with zero attached hydrogens (tertiary/aromatic N) is 4. The molecule has 0 bridgehead atoms. The van der Waals surface area contributed by atoms with Crippen molar-refractivity contribution in [3.8, 4) is 5.69 Å². The summed E-state index contributed by atoms with van der Waals surface area (Å²) in [5.41, 5.74) is 5.55. The van der Waals surface area contributed by atoms with E-state index in [-0.39, 0.29) is 11.9 Å². The Morgan fingerprint density at radius 1 is 1.12 bits per heavy atom. The Morgan fingerprint density at radius 2 is 1.85 bits per heavy atom. The van der Waals surface area contributed by atoms with Gasteiger partial charge in [0.05, 0.1) is 18.2 Å². The molecule has 5 heteroatoms. The lowest BCUT2D eigenvalue weighted by atomic mass is 10.0. The van der Waals surface area contributed by atoms with Crippen molar-refractivity contribution in [2.75, 3.05) is 7.05 Å². The molecule has 3 aromatic rings. The molecule has 0 aliphatic carbocycles. The first-order valence-corrected chi connectivity index (χ1v) is 8.72. The van der Waals surface area contributed by atoms with Crippen LogP contribution in [0.2, 0.25) is 0 Å². The number of rotatable bonds is 5. The maximum atomic E-state index is 12.7. The van der Waals surface area contributed by atoms with Crippen LogP contribution in [0, 0.1) is 13.8 Å². The topological polar surface area (TPSA) is 51.0 Å². The molecule has 0 fully saturated rings. The van der Waals surface area contributed by atoms with Crippen LogP contribution in [0.5, 0.6) is 0 Å². The Hall–Kier alpha value is -2.95. The summed E-state index contributed by atoms with van der Waals surface area (Å²) in [7, 11) is 1.86. The Morgan fingerprint density at radius 3 is 2.46 bits per heavy atom. The van der Waals surface area contributed by atoms with Gasteiger partial charge in [-0.2, -0.15) is 5.10 Å². The van der Waals surface area contributed by atoms with E-state index in [0.29, 0.717) is 6.42 Å². The van der Waals surface area contributed by atoms with Crippen molar-refractivity contribution in [3.63, 3.8) is 0 Å². The van der Waals surface area contributed by atoms with E-state index in [0.717, 1.165) is 16.8 Å². The highest BCUT2D eigenvalue weighted by molar-refractivity contribution is 5.79. The maximum Gasteiger partial charge on any atom is 0.227 e. The predicted molar refractivity (Wildman–Crippen MR) is 102 cm³/mol. The van der Waals surface area contributed by atoms with Crippen LogP contribution in [0.1, 0.15) is 35.2 Å². The molecular weight excluding hydrogens is 324 g/mol. The zero-order chi connectivity index (χ0) is 18.7. The van der Waals surface area contributed by atoms with Crippen LogP contribution in [-0.2, 0) is 11.2 Å². The van der Waals surface area contributed by atoms with Crippen LogP contribution in [0.3, 0.4) is 0 Å². The number of carbonyl (C=O) groups excluding carboxylic acids is 1. The number of aryl methyl sites for hydroxylation is 2. The average molecular weight is 348 g/mol. The van der Waals surface area contributed by atoms with Crippen LogP contribution >= 0.6 is 0 Å². The zero-order valence-electron chi connectivity index (χ0n) is 15.7. The smallest absolute Gasteiger partial charge is 0.227 e. The molecule has 0 saturated heterocycles. The van der Waals surface area contributed by atoms with Gasteiger partial charge in [-0.1, -0.05) is 30.3 Å². The summed E-state index contributed by atoms with van der Waals surface area (Å²) >= 11 is 0. The van der Waals surface area contributed by atoms with E-state index >= 15 is 0 Å². The van der Waals surface area contributed by atoms with Gasteiger partial charge >= 0.3 is 0 Å². The molecule has 0 aliphatic heterocycles. The van der Waals surface area contributed by atoms with Crippen molar-refractivity contribution in [1.29, 1.82) is 0 Å². The largest absolute Gasteiger partial charge is 0.339 e. The lowest BCUT2D eigenvalue weighted by Gasteiger charge is -2.26. The zero-order valence-corrected chi connectivity index (χ0v) is 15.7. The van der Waals surface area contributed by atoms with E-state index in [4.69, 9.17) is 0 Å². The van der Waals surface area contributed by atoms with Crippen LogP contribution in [-0.4, -0.2) is 32.6 Å². The molecule has 0 unspecified atom stereocenters. The molecule has 26 heavy (non-hydrogen) atoms. The molecule has 0 N–H and O–H groups in total. The number of amides is 1. The van der Waals surface area contributed by atoms with E-state index in [1.807, 2.05) is 44.3 Å². The maximum absolute atomic E-state index is 12.7. The van der Waals surface area contributed by atoms with Crippen LogP contribution in [0.25, 0.3) is 5.69 Å². The van der Waals surface area contributed by atoms with Crippen molar-refractivity contribution in [3.05, 3.63) is 77.4 Å². The van der Waals surface area contributed by atoms with Crippen molar-refractivity contribution in [2.45, 2.75) is 33.2 Å². The molecule has 0 spiro atoms. The van der Waals surface area contributed by atoms with Gasteiger partial charge in [0.2, 0.25) is 5.91 Å². The van der Waals surface area contributed by atoms with Crippen molar-refractivity contribution in [2.24, 2.45) is 0 Å². The van der Waals surface area contributed by atoms with Gasteiger partial charge < -0.3 is 4.90 Å². The van der Waals surface area contributed by atoms with Crippen molar-refractivity contribution in [1.82, 2.24) is 19.7 Å². The summed E-state index contributed by atoms with van der Waals surface area (Å²) in [6.45, 7) is 6.20. The minimum Gasteiger partial charge on any atom is -0.339 e. The lowest BCUT2D eigenvalue weighted by molar-refractivity contribution is -0.131. The fourth-order valence-corrected chi connectivity index (χ4v) is 2.90. The number of hydrogen-bond donors (Lipinski definition) is 0. The molecule has 1 heterocycles. The van der Waals surface area contributed by atoms with Gasteiger partial charge in [-0.15, -0.1) is 0 Å². The Balaban J connectivity index is 1.69. The van der Waals surface area contributed by atoms with Gasteiger partial charge in [-0.05, 0) is 55.2 Å². The van der Waals surface area contributed by atoms with E-state index in [9.17, 15) is 4.79 Å². The molecule has 1 atom stereocenters. The van der Waals surface area contributed by atoms with Crippen LogP contribution < -0.4 is 0 Å². The molecule has 2 aromatic carbocycles. The second kappa shape index (κ2) is 7.52. The fourth-order valence-electron chi connectivity index (χ4n) is 2.90. The summed E-state index contributed by atoms with van der Waals surface area (Å²) in [5.74, 6) is 0.112. The van der Waals surface area contributed by atoms with Crippen molar-refractivity contribution < 1.29 is 4.79 Å².